The van der Waals surface area contributed by atoms with Crippen LogP contribution < -0.4 is 10.5 Å². The molecule has 0 radical (unpaired) electrons. The van der Waals surface area contributed by atoms with E-state index in [4.69, 9.17) is 27.5 Å². The molecule has 0 aliphatic heterocycles. The molecule has 98 valence electrons. The second-order valence-corrected chi connectivity index (χ2v) is 4.53. The topological polar surface area (TPSA) is 84.9 Å². The van der Waals surface area contributed by atoms with Crippen LogP contribution >= 0.6 is 11.6 Å². The van der Waals surface area contributed by atoms with Gasteiger partial charge in [-0.3, -0.25) is 5.41 Å². The van der Waals surface area contributed by atoms with Gasteiger partial charge in [0.05, 0.1) is 0 Å². The third kappa shape index (κ3) is 2.82. The lowest BCUT2D eigenvalue weighted by atomic mass is 10.1. The molecule has 0 spiro atoms. The minimum Gasteiger partial charge on any atom is -0.436 e. The maximum Gasteiger partial charge on any atom is 0.249 e. The van der Waals surface area contributed by atoms with Gasteiger partial charge in [0.1, 0.15) is 11.6 Å². The van der Waals surface area contributed by atoms with Gasteiger partial charge in [0.2, 0.25) is 5.88 Å². The molecule has 1 heterocycles. The Labute approximate surface area is 115 Å². The average Bonchev–Trinajstić information content (AvgIpc) is 2.34. The fourth-order valence-corrected chi connectivity index (χ4v) is 2.07. The van der Waals surface area contributed by atoms with E-state index < -0.39 is 0 Å². The van der Waals surface area contributed by atoms with Crippen LogP contribution in [-0.4, -0.2) is 15.8 Å². The summed E-state index contributed by atoms with van der Waals surface area (Å²) in [6.45, 7) is 3.77. The third-order valence-corrected chi connectivity index (χ3v) is 2.76. The van der Waals surface area contributed by atoms with Gasteiger partial charge in [-0.25, -0.2) is 9.97 Å². The van der Waals surface area contributed by atoms with Gasteiger partial charge in [0.25, 0.3) is 0 Å². The van der Waals surface area contributed by atoms with Crippen LogP contribution in [0.4, 0.5) is 0 Å². The predicted molar refractivity (Wildman–Crippen MR) is 74.0 cm³/mol. The molecule has 19 heavy (non-hydrogen) atoms. The van der Waals surface area contributed by atoms with Crippen molar-refractivity contribution >= 4 is 17.4 Å². The van der Waals surface area contributed by atoms with Gasteiger partial charge in [0, 0.05) is 17.4 Å². The summed E-state index contributed by atoms with van der Waals surface area (Å²) in [5, 5.41) is 8.10. The molecule has 1 aromatic heterocycles. The lowest BCUT2D eigenvalue weighted by molar-refractivity contribution is 0.452. The quantitative estimate of drug-likeness (QED) is 0.667. The second kappa shape index (κ2) is 5.24. The van der Waals surface area contributed by atoms with Gasteiger partial charge < -0.3 is 10.5 Å². The first kappa shape index (κ1) is 13.3. The molecule has 0 fully saturated rings. The van der Waals surface area contributed by atoms with Crippen molar-refractivity contribution in [3.8, 4) is 11.6 Å². The highest BCUT2D eigenvalue weighted by Crippen LogP contribution is 2.31. The average molecular weight is 277 g/mol. The minimum atomic E-state index is -0.188. The molecule has 1 aromatic carbocycles. The summed E-state index contributed by atoms with van der Waals surface area (Å²) in [6.07, 6.45) is 2.95. The molecule has 0 atom stereocenters. The van der Waals surface area contributed by atoms with Crippen LogP contribution in [0, 0.1) is 19.3 Å². The monoisotopic (exact) mass is 276 g/mol. The first-order valence-electron chi connectivity index (χ1n) is 5.59. The molecular weight excluding hydrogens is 264 g/mol. The van der Waals surface area contributed by atoms with Crippen molar-refractivity contribution in [2.24, 2.45) is 5.73 Å². The molecule has 0 saturated carbocycles. The van der Waals surface area contributed by atoms with E-state index >= 15 is 0 Å². The third-order valence-electron chi connectivity index (χ3n) is 2.54. The van der Waals surface area contributed by atoms with E-state index in [1.54, 1.807) is 12.1 Å². The zero-order valence-corrected chi connectivity index (χ0v) is 11.3. The number of ether oxygens (including phenoxy) is 1. The van der Waals surface area contributed by atoms with Crippen LogP contribution in [0.2, 0.25) is 5.02 Å². The number of hydrogen-bond acceptors (Lipinski definition) is 4. The van der Waals surface area contributed by atoms with Crippen LogP contribution in [0.3, 0.4) is 0 Å². The Morgan fingerprint density at radius 2 is 1.79 bits per heavy atom. The van der Waals surface area contributed by atoms with Crippen LogP contribution in [0.25, 0.3) is 0 Å². The number of nitrogen functional groups attached to an aromatic ring is 1. The number of nitrogens with two attached hydrogens (primary N) is 1. The molecule has 0 aliphatic carbocycles. The fraction of sp³-hybridized carbons (Fsp3) is 0.154. The SMILES string of the molecule is Cc1cc(Cl)cc(C)c1Oc1nccnc1C(=N)N. The molecule has 0 bridgehead atoms. The summed E-state index contributed by atoms with van der Waals surface area (Å²) >= 11 is 5.97. The summed E-state index contributed by atoms with van der Waals surface area (Å²) in [7, 11) is 0. The molecule has 0 saturated heterocycles. The molecule has 0 unspecified atom stereocenters. The number of aryl methyl sites for hydroxylation is 2. The Bertz CT molecular complexity index is 619. The summed E-state index contributed by atoms with van der Waals surface area (Å²) in [6, 6.07) is 3.60. The van der Waals surface area contributed by atoms with Crippen LogP contribution in [0.5, 0.6) is 11.6 Å². The maximum atomic E-state index is 7.46. The van der Waals surface area contributed by atoms with Crippen molar-refractivity contribution < 1.29 is 4.74 Å². The Hall–Kier alpha value is -2.14. The number of halogens is 1. The van der Waals surface area contributed by atoms with E-state index in [1.807, 2.05) is 13.8 Å². The summed E-state index contributed by atoms with van der Waals surface area (Å²) < 4.78 is 5.73. The fourth-order valence-electron chi connectivity index (χ4n) is 1.74. The number of nitrogens with one attached hydrogen (secondary N) is 1. The van der Waals surface area contributed by atoms with E-state index in [0.29, 0.717) is 10.8 Å². The predicted octanol–water partition coefficient (Wildman–Crippen LogP) is 2.82. The van der Waals surface area contributed by atoms with Gasteiger partial charge in [-0.05, 0) is 37.1 Å². The Morgan fingerprint density at radius 3 is 2.37 bits per heavy atom. The first-order chi connectivity index (χ1) is 8.99. The first-order valence-corrected chi connectivity index (χ1v) is 5.97. The highest BCUT2D eigenvalue weighted by atomic mass is 35.5. The summed E-state index contributed by atoms with van der Waals surface area (Å²) in [4.78, 5) is 8.05. The van der Waals surface area contributed by atoms with Crippen molar-refractivity contribution in [1.82, 2.24) is 9.97 Å². The van der Waals surface area contributed by atoms with Crippen LogP contribution in [0.15, 0.2) is 24.5 Å². The second-order valence-electron chi connectivity index (χ2n) is 4.09. The van der Waals surface area contributed by atoms with Crippen LogP contribution in [-0.2, 0) is 0 Å². The summed E-state index contributed by atoms with van der Waals surface area (Å²) in [5.74, 6) is 0.670. The lowest BCUT2D eigenvalue weighted by Gasteiger charge is -2.13. The number of benzene rings is 1. The van der Waals surface area contributed by atoms with E-state index in [1.165, 1.54) is 12.4 Å². The summed E-state index contributed by atoms with van der Waals surface area (Å²) in [5.41, 5.74) is 7.43. The van der Waals surface area contributed by atoms with Crippen LogP contribution in [0.1, 0.15) is 16.8 Å². The van der Waals surface area contributed by atoms with Gasteiger partial charge in [-0.15, -0.1) is 0 Å². The highest BCUT2D eigenvalue weighted by Gasteiger charge is 2.13. The molecule has 5 nitrogen and oxygen atoms in total. The van der Waals surface area contributed by atoms with Gasteiger partial charge >= 0.3 is 0 Å². The smallest absolute Gasteiger partial charge is 0.249 e. The molecule has 3 N–H and O–H groups in total. The standard InChI is InChI=1S/C13H13ClN4O/c1-7-5-9(14)6-8(2)11(7)19-13-10(12(15)16)17-3-4-18-13/h3-6H,1-2H3,(H3,15,16). The van der Waals surface area contributed by atoms with E-state index in [0.717, 1.165) is 11.1 Å². The van der Waals surface area contributed by atoms with E-state index in [9.17, 15) is 0 Å². The van der Waals surface area contributed by atoms with E-state index in [-0.39, 0.29) is 17.4 Å². The zero-order valence-electron chi connectivity index (χ0n) is 10.6. The highest BCUT2D eigenvalue weighted by molar-refractivity contribution is 6.30. The van der Waals surface area contributed by atoms with Gasteiger partial charge in [-0.2, -0.15) is 0 Å². The number of rotatable bonds is 3. The molecule has 2 aromatic rings. The van der Waals surface area contributed by atoms with Gasteiger partial charge in [-0.1, -0.05) is 11.6 Å². The molecule has 6 heteroatoms. The minimum absolute atomic E-state index is 0.188. The maximum absolute atomic E-state index is 7.46. The van der Waals surface area contributed by atoms with Crippen molar-refractivity contribution in [3.05, 3.63) is 46.4 Å². The Morgan fingerprint density at radius 1 is 1.21 bits per heavy atom. The number of nitrogens with zero attached hydrogens (tertiary/aromatic N) is 2. The number of hydrogen-bond donors (Lipinski definition) is 2. The van der Waals surface area contributed by atoms with Crippen molar-refractivity contribution in [1.29, 1.82) is 5.41 Å². The number of amidine groups is 1. The van der Waals surface area contributed by atoms with Crippen molar-refractivity contribution in [3.63, 3.8) is 0 Å². The Balaban J connectivity index is 2.45. The number of aromatic nitrogens is 2. The van der Waals surface area contributed by atoms with Crippen molar-refractivity contribution in [2.45, 2.75) is 13.8 Å². The molecule has 2 rings (SSSR count). The normalized spacial score (nSPS) is 10.3. The van der Waals surface area contributed by atoms with Gasteiger partial charge in [0.15, 0.2) is 5.69 Å². The van der Waals surface area contributed by atoms with E-state index in [2.05, 4.69) is 9.97 Å². The Kier molecular flexibility index (Phi) is 3.66. The molecule has 0 amide bonds. The molecule has 0 aliphatic rings. The largest absolute Gasteiger partial charge is 0.436 e. The lowest BCUT2D eigenvalue weighted by Crippen LogP contribution is -2.15. The van der Waals surface area contributed by atoms with Crippen molar-refractivity contribution in [2.75, 3.05) is 0 Å². The zero-order chi connectivity index (χ0) is 14.0. The molecular formula is C13H13ClN4O.